The zero-order chi connectivity index (χ0) is 14.0. The molecule has 2 rings (SSSR count). The number of nitrogens with zero attached hydrogens (tertiary/aromatic N) is 2. The second kappa shape index (κ2) is 5.47. The molecule has 19 heavy (non-hydrogen) atoms. The average Bonchev–Trinajstić information content (AvgIpc) is 2.38. The van der Waals surface area contributed by atoms with Crippen LogP contribution in [-0.2, 0) is 6.61 Å². The summed E-state index contributed by atoms with van der Waals surface area (Å²) in [6.07, 6.45) is 1.52. The maximum atomic E-state index is 10.00. The Morgan fingerprint density at radius 2 is 1.95 bits per heavy atom. The molecule has 4 heteroatoms. The highest BCUT2D eigenvalue weighted by atomic mass is 16.3. The first-order valence-electron chi connectivity index (χ1n) is 7.00. The molecular formula is C15H24N2O2. The lowest BCUT2D eigenvalue weighted by atomic mass is 9.94. The Morgan fingerprint density at radius 3 is 2.47 bits per heavy atom. The Labute approximate surface area is 115 Å². The molecule has 0 aliphatic carbocycles. The van der Waals surface area contributed by atoms with Crippen molar-refractivity contribution in [2.75, 3.05) is 18.0 Å². The molecule has 4 nitrogen and oxygen atoms in total. The lowest BCUT2D eigenvalue weighted by molar-refractivity contribution is 0.0350. The maximum absolute atomic E-state index is 10.00. The molecule has 1 saturated heterocycles. The first kappa shape index (κ1) is 14.3. The topological polar surface area (TPSA) is 56.6 Å². The molecule has 0 saturated carbocycles. The quantitative estimate of drug-likeness (QED) is 0.877. The smallest absolute Gasteiger partial charge is 0.129 e. The largest absolute Gasteiger partial charge is 0.392 e. The molecule has 1 fully saturated rings. The van der Waals surface area contributed by atoms with E-state index in [1.165, 1.54) is 0 Å². The van der Waals surface area contributed by atoms with Crippen molar-refractivity contribution < 1.29 is 10.2 Å². The van der Waals surface area contributed by atoms with E-state index in [-0.39, 0.29) is 6.61 Å². The summed E-state index contributed by atoms with van der Waals surface area (Å²) in [5.74, 6) is 1.27. The van der Waals surface area contributed by atoms with Crippen LogP contribution in [0.25, 0.3) is 0 Å². The maximum Gasteiger partial charge on any atom is 0.129 e. The van der Waals surface area contributed by atoms with E-state index in [0.717, 1.165) is 43.0 Å². The number of aliphatic hydroxyl groups is 2. The summed E-state index contributed by atoms with van der Waals surface area (Å²) in [6.45, 7) is 7.77. The van der Waals surface area contributed by atoms with Gasteiger partial charge in [-0.1, -0.05) is 13.8 Å². The van der Waals surface area contributed by atoms with Gasteiger partial charge in [0.1, 0.15) is 5.82 Å². The molecule has 106 valence electrons. The molecule has 2 N–H and O–H groups in total. The molecule has 1 aromatic heterocycles. The predicted octanol–water partition coefficient (Wildman–Crippen LogP) is 2.05. The molecule has 1 aliphatic rings. The monoisotopic (exact) mass is 264 g/mol. The van der Waals surface area contributed by atoms with E-state index in [0.29, 0.717) is 5.92 Å². The number of hydrogen-bond donors (Lipinski definition) is 2. The van der Waals surface area contributed by atoms with Gasteiger partial charge >= 0.3 is 0 Å². The summed E-state index contributed by atoms with van der Waals surface area (Å²) in [7, 11) is 0. The summed E-state index contributed by atoms with van der Waals surface area (Å²) in [5.41, 5.74) is 1.37. The van der Waals surface area contributed by atoms with Gasteiger partial charge in [0.25, 0.3) is 0 Å². The van der Waals surface area contributed by atoms with Crippen molar-refractivity contribution in [1.82, 2.24) is 4.98 Å². The van der Waals surface area contributed by atoms with Crippen molar-refractivity contribution >= 4 is 5.82 Å². The second-order valence-electron chi connectivity index (χ2n) is 6.06. The van der Waals surface area contributed by atoms with Crippen LogP contribution in [0.5, 0.6) is 0 Å². The van der Waals surface area contributed by atoms with Crippen LogP contribution >= 0.6 is 0 Å². The van der Waals surface area contributed by atoms with E-state index in [4.69, 9.17) is 0 Å². The zero-order valence-corrected chi connectivity index (χ0v) is 12.1. The van der Waals surface area contributed by atoms with E-state index in [9.17, 15) is 10.2 Å². The third kappa shape index (κ3) is 3.45. The van der Waals surface area contributed by atoms with Crippen LogP contribution in [0.4, 0.5) is 5.82 Å². The third-order valence-electron chi connectivity index (χ3n) is 3.83. The summed E-state index contributed by atoms with van der Waals surface area (Å²) >= 11 is 0. The Kier molecular flexibility index (Phi) is 4.11. The molecular weight excluding hydrogens is 240 g/mol. The highest BCUT2D eigenvalue weighted by molar-refractivity contribution is 5.43. The van der Waals surface area contributed by atoms with Crippen molar-refractivity contribution in [3.05, 3.63) is 23.4 Å². The fraction of sp³-hybridized carbons (Fsp3) is 0.667. The second-order valence-corrected chi connectivity index (χ2v) is 6.06. The van der Waals surface area contributed by atoms with Gasteiger partial charge in [0, 0.05) is 18.8 Å². The van der Waals surface area contributed by atoms with Crippen LogP contribution in [0.3, 0.4) is 0 Å². The number of aliphatic hydroxyl groups excluding tert-OH is 1. The highest BCUT2D eigenvalue weighted by Crippen LogP contribution is 2.26. The molecule has 1 aromatic rings. The summed E-state index contributed by atoms with van der Waals surface area (Å²) < 4.78 is 0. The van der Waals surface area contributed by atoms with Gasteiger partial charge in [0.2, 0.25) is 0 Å². The number of piperidine rings is 1. The minimum Gasteiger partial charge on any atom is -0.392 e. The number of rotatable bonds is 3. The van der Waals surface area contributed by atoms with Crippen LogP contribution in [0, 0.1) is 0 Å². The first-order valence-corrected chi connectivity index (χ1v) is 7.00. The molecule has 0 spiro atoms. The number of anilines is 1. The fourth-order valence-electron chi connectivity index (χ4n) is 2.36. The number of aromatic nitrogens is 1. The van der Waals surface area contributed by atoms with Gasteiger partial charge in [-0.15, -0.1) is 0 Å². The van der Waals surface area contributed by atoms with Gasteiger partial charge in [-0.2, -0.15) is 0 Å². The van der Waals surface area contributed by atoms with E-state index >= 15 is 0 Å². The summed E-state index contributed by atoms with van der Waals surface area (Å²) in [5, 5.41) is 19.4. The Balaban J connectivity index is 2.22. The van der Waals surface area contributed by atoms with Crippen molar-refractivity contribution in [1.29, 1.82) is 0 Å². The highest BCUT2D eigenvalue weighted by Gasteiger charge is 2.28. The molecule has 0 bridgehead atoms. The van der Waals surface area contributed by atoms with Crippen molar-refractivity contribution in [3.8, 4) is 0 Å². The van der Waals surface area contributed by atoms with E-state index < -0.39 is 5.60 Å². The Bertz CT molecular complexity index is 434. The SMILES string of the molecule is CC(C)c1cc(CO)cc(N2CCC(C)(O)CC2)n1. The molecule has 1 aliphatic heterocycles. The lowest BCUT2D eigenvalue weighted by Gasteiger charge is -2.36. The third-order valence-corrected chi connectivity index (χ3v) is 3.83. The Hall–Kier alpha value is -1.13. The fourth-order valence-corrected chi connectivity index (χ4v) is 2.36. The van der Waals surface area contributed by atoms with Crippen LogP contribution in [0.1, 0.15) is 50.8 Å². The number of pyridine rings is 1. The predicted molar refractivity (Wildman–Crippen MR) is 76.3 cm³/mol. The van der Waals surface area contributed by atoms with E-state index in [1.54, 1.807) is 0 Å². The molecule has 2 heterocycles. The van der Waals surface area contributed by atoms with E-state index in [2.05, 4.69) is 23.7 Å². The molecule has 0 amide bonds. The molecule has 0 unspecified atom stereocenters. The summed E-state index contributed by atoms with van der Waals surface area (Å²) in [4.78, 5) is 6.88. The summed E-state index contributed by atoms with van der Waals surface area (Å²) in [6, 6.07) is 3.92. The van der Waals surface area contributed by atoms with Crippen LogP contribution < -0.4 is 4.90 Å². The molecule has 0 atom stereocenters. The Morgan fingerprint density at radius 1 is 1.32 bits per heavy atom. The van der Waals surface area contributed by atoms with Crippen LogP contribution in [0.15, 0.2) is 12.1 Å². The average molecular weight is 264 g/mol. The first-order chi connectivity index (χ1) is 8.91. The zero-order valence-electron chi connectivity index (χ0n) is 12.1. The van der Waals surface area contributed by atoms with Gasteiger partial charge in [-0.05, 0) is 43.4 Å². The van der Waals surface area contributed by atoms with E-state index in [1.807, 2.05) is 19.1 Å². The lowest BCUT2D eigenvalue weighted by Crippen LogP contribution is -2.42. The minimum atomic E-state index is -0.550. The van der Waals surface area contributed by atoms with Crippen molar-refractivity contribution in [2.45, 2.75) is 51.7 Å². The van der Waals surface area contributed by atoms with Gasteiger partial charge in [-0.3, -0.25) is 0 Å². The van der Waals surface area contributed by atoms with Crippen LogP contribution in [-0.4, -0.2) is 33.9 Å². The van der Waals surface area contributed by atoms with Gasteiger partial charge in [0.05, 0.1) is 12.2 Å². The van der Waals surface area contributed by atoms with Crippen molar-refractivity contribution in [3.63, 3.8) is 0 Å². The van der Waals surface area contributed by atoms with Gasteiger partial charge < -0.3 is 15.1 Å². The van der Waals surface area contributed by atoms with Gasteiger partial charge in [-0.25, -0.2) is 4.98 Å². The van der Waals surface area contributed by atoms with Gasteiger partial charge in [0.15, 0.2) is 0 Å². The molecule has 0 radical (unpaired) electrons. The van der Waals surface area contributed by atoms with Crippen LogP contribution in [0.2, 0.25) is 0 Å². The minimum absolute atomic E-state index is 0.0425. The standard InChI is InChI=1S/C15H24N2O2/c1-11(2)13-8-12(10-18)9-14(16-13)17-6-4-15(3,19)5-7-17/h8-9,11,18-19H,4-7,10H2,1-3H3. The normalized spacial score (nSPS) is 18.9. The van der Waals surface area contributed by atoms with Crippen molar-refractivity contribution in [2.24, 2.45) is 0 Å². The number of hydrogen-bond acceptors (Lipinski definition) is 4. The molecule has 0 aromatic carbocycles.